The molecule has 0 aliphatic rings. The zero-order chi connectivity index (χ0) is 19.2. The fourth-order valence-corrected chi connectivity index (χ4v) is 3.37. The molecular formula is C19H24N2O4S. The van der Waals surface area contributed by atoms with E-state index in [9.17, 15) is 13.2 Å². The molecule has 0 aliphatic carbocycles. The van der Waals surface area contributed by atoms with E-state index >= 15 is 0 Å². The molecule has 6 nitrogen and oxygen atoms in total. The number of sulfonamides is 1. The standard InChI is InChI=1S/C19H24N2O4S/c1-4-14(2)21-19(22)15-9-7-10-17(12-15)26(23,24)20-13-16-8-5-6-11-18(16)25-3/h5-12,14,20H,4,13H2,1-3H3,(H,21,22). The van der Waals surface area contributed by atoms with E-state index in [0.717, 1.165) is 12.0 Å². The van der Waals surface area contributed by atoms with Gasteiger partial charge in [0.1, 0.15) is 5.75 Å². The first-order valence-corrected chi connectivity index (χ1v) is 9.88. The molecule has 1 unspecified atom stereocenters. The second kappa shape index (κ2) is 8.82. The quantitative estimate of drug-likeness (QED) is 0.742. The normalized spacial score (nSPS) is 12.4. The van der Waals surface area contributed by atoms with E-state index in [0.29, 0.717) is 11.3 Å². The third-order valence-electron chi connectivity index (χ3n) is 4.04. The molecule has 0 aliphatic heterocycles. The third kappa shape index (κ3) is 5.06. The smallest absolute Gasteiger partial charge is 0.251 e. The summed E-state index contributed by atoms with van der Waals surface area (Å²) < 4.78 is 32.9. The van der Waals surface area contributed by atoms with Crippen LogP contribution < -0.4 is 14.8 Å². The highest BCUT2D eigenvalue weighted by molar-refractivity contribution is 7.89. The Balaban J connectivity index is 2.16. The van der Waals surface area contributed by atoms with Crippen molar-refractivity contribution >= 4 is 15.9 Å². The minimum absolute atomic E-state index is 0.0198. The van der Waals surface area contributed by atoms with Crippen molar-refractivity contribution in [2.75, 3.05) is 7.11 Å². The van der Waals surface area contributed by atoms with E-state index in [1.54, 1.807) is 24.3 Å². The minimum atomic E-state index is -3.76. The second-order valence-electron chi connectivity index (χ2n) is 5.95. The average Bonchev–Trinajstić information content (AvgIpc) is 2.66. The first-order chi connectivity index (χ1) is 12.4. The number of hydrogen-bond acceptors (Lipinski definition) is 4. The molecule has 7 heteroatoms. The molecule has 0 fully saturated rings. The minimum Gasteiger partial charge on any atom is -0.496 e. The lowest BCUT2D eigenvalue weighted by Crippen LogP contribution is -2.32. The van der Waals surface area contributed by atoms with Crippen LogP contribution in [0.4, 0.5) is 0 Å². The average molecular weight is 376 g/mol. The zero-order valence-electron chi connectivity index (χ0n) is 15.2. The van der Waals surface area contributed by atoms with Gasteiger partial charge in [-0.2, -0.15) is 0 Å². The van der Waals surface area contributed by atoms with Crippen LogP contribution in [0.3, 0.4) is 0 Å². The van der Waals surface area contributed by atoms with E-state index < -0.39 is 10.0 Å². The van der Waals surface area contributed by atoms with E-state index in [1.807, 2.05) is 26.0 Å². The maximum absolute atomic E-state index is 12.6. The van der Waals surface area contributed by atoms with E-state index in [-0.39, 0.29) is 23.4 Å². The van der Waals surface area contributed by atoms with Gasteiger partial charge in [0.25, 0.3) is 5.91 Å². The first kappa shape index (κ1) is 19.9. The summed E-state index contributed by atoms with van der Waals surface area (Å²) >= 11 is 0. The molecule has 2 rings (SSSR count). The van der Waals surface area contributed by atoms with Crippen LogP contribution in [0.5, 0.6) is 5.75 Å². The van der Waals surface area contributed by atoms with Crippen molar-refractivity contribution in [2.24, 2.45) is 0 Å². The Morgan fingerprint density at radius 2 is 1.88 bits per heavy atom. The van der Waals surface area contributed by atoms with Crippen LogP contribution in [0.15, 0.2) is 53.4 Å². The largest absolute Gasteiger partial charge is 0.496 e. The molecule has 0 spiro atoms. The Labute approximate surface area is 154 Å². The Morgan fingerprint density at radius 1 is 1.15 bits per heavy atom. The molecule has 26 heavy (non-hydrogen) atoms. The highest BCUT2D eigenvalue weighted by atomic mass is 32.2. The van der Waals surface area contributed by atoms with Gasteiger partial charge in [-0.05, 0) is 37.6 Å². The Kier molecular flexibility index (Phi) is 6.76. The van der Waals surface area contributed by atoms with Crippen LogP contribution in [0, 0.1) is 0 Å². The van der Waals surface area contributed by atoms with Gasteiger partial charge in [0.15, 0.2) is 0 Å². The lowest BCUT2D eigenvalue weighted by molar-refractivity contribution is 0.0939. The molecule has 0 bridgehead atoms. The van der Waals surface area contributed by atoms with Crippen LogP contribution in [0.1, 0.15) is 36.2 Å². The van der Waals surface area contributed by atoms with Gasteiger partial charge in [0, 0.05) is 23.7 Å². The zero-order valence-corrected chi connectivity index (χ0v) is 16.0. The van der Waals surface area contributed by atoms with Crippen LogP contribution in [-0.2, 0) is 16.6 Å². The van der Waals surface area contributed by atoms with Crippen molar-refractivity contribution in [2.45, 2.75) is 37.8 Å². The number of nitrogens with one attached hydrogen (secondary N) is 2. The summed E-state index contributed by atoms with van der Waals surface area (Å²) in [4.78, 5) is 12.3. The van der Waals surface area contributed by atoms with Gasteiger partial charge in [-0.3, -0.25) is 4.79 Å². The van der Waals surface area contributed by atoms with Crippen molar-refractivity contribution < 1.29 is 17.9 Å². The van der Waals surface area contributed by atoms with Crippen molar-refractivity contribution in [1.82, 2.24) is 10.0 Å². The topological polar surface area (TPSA) is 84.5 Å². The third-order valence-corrected chi connectivity index (χ3v) is 5.44. The first-order valence-electron chi connectivity index (χ1n) is 8.40. The SMILES string of the molecule is CCC(C)NC(=O)c1cccc(S(=O)(=O)NCc2ccccc2OC)c1. The van der Waals surface area contributed by atoms with E-state index in [4.69, 9.17) is 4.74 Å². The fraction of sp³-hybridized carbons (Fsp3) is 0.316. The molecule has 0 aromatic heterocycles. The lowest BCUT2D eigenvalue weighted by Gasteiger charge is -2.13. The fourth-order valence-electron chi connectivity index (χ4n) is 2.32. The lowest BCUT2D eigenvalue weighted by atomic mass is 10.2. The Morgan fingerprint density at radius 3 is 2.58 bits per heavy atom. The van der Waals surface area contributed by atoms with Gasteiger partial charge >= 0.3 is 0 Å². The Hall–Kier alpha value is -2.38. The summed E-state index contributed by atoms with van der Waals surface area (Å²) in [5.74, 6) is 0.318. The van der Waals surface area contributed by atoms with Gasteiger partial charge < -0.3 is 10.1 Å². The number of amides is 1. The van der Waals surface area contributed by atoms with E-state index in [2.05, 4.69) is 10.0 Å². The summed E-state index contributed by atoms with van der Waals surface area (Å²) in [6, 6.07) is 13.2. The summed E-state index contributed by atoms with van der Waals surface area (Å²) in [7, 11) is -2.22. The van der Waals surface area contributed by atoms with Gasteiger partial charge in [0.05, 0.1) is 12.0 Å². The summed E-state index contributed by atoms with van der Waals surface area (Å²) in [6.07, 6.45) is 0.796. The maximum Gasteiger partial charge on any atom is 0.251 e. The van der Waals surface area contributed by atoms with Crippen LogP contribution in [-0.4, -0.2) is 27.5 Å². The molecule has 1 amide bonds. The number of ether oxygens (including phenoxy) is 1. The van der Waals surface area contributed by atoms with Crippen molar-refractivity contribution in [3.8, 4) is 5.75 Å². The number of para-hydroxylation sites is 1. The van der Waals surface area contributed by atoms with E-state index in [1.165, 1.54) is 19.2 Å². The summed E-state index contributed by atoms with van der Waals surface area (Å²) in [6.45, 7) is 3.95. The summed E-state index contributed by atoms with van der Waals surface area (Å²) in [5.41, 5.74) is 1.04. The molecule has 2 aromatic rings. The number of benzene rings is 2. The molecule has 140 valence electrons. The van der Waals surface area contributed by atoms with Crippen LogP contribution in [0.25, 0.3) is 0 Å². The van der Waals surface area contributed by atoms with Crippen molar-refractivity contribution in [3.63, 3.8) is 0 Å². The van der Waals surface area contributed by atoms with Gasteiger partial charge in [-0.15, -0.1) is 0 Å². The maximum atomic E-state index is 12.6. The molecular weight excluding hydrogens is 352 g/mol. The number of carbonyl (C=O) groups is 1. The second-order valence-corrected chi connectivity index (χ2v) is 7.71. The van der Waals surface area contributed by atoms with Crippen molar-refractivity contribution in [3.05, 3.63) is 59.7 Å². The highest BCUT2D eigenvalue weighted by Crippen LogP contribution is 2.18. The molecule has 0 radical (unpaired) electrons. The van der Waals surface area contributed by atoms with Gasteiger partial charge in [0.2, 0.25) is 10.0 Å². The van der Waals surface area contributed by atoms with Crippen LogP contribution >= 0.6 is 0 Å². The van der Waals surface area contributed by atoms with Crippen molar-refractivity contribution in [1.29, 1.82) is 0 Å². The molecule has 2 N–H and O–H groups in total. The number of methoxy groups -OCH3 is 1. The molecule has 1 atom stereocenters. The number of hydrogen-bond donors (Lipinski definition) is 2. The number of carbonyl (C=O) groups excluding carboxylic acids is 1. The number of rotatable bonds is 8. The molecule has 0 saturated heterocycles. The van der Waals surface area contributed by atoms with Crippen LogP contribution in [0.2, 0.25) is 0 Å². The molecule has 0 saturated carbocycles. The predicted molar refractivity (Wildman–Crippen MR) is 101 cm³/mol. The highest BCUT2D eigenvalue weighted by Gasteiger charge is 2.17. The monoisotopic (exact) mass is 376 g/mol. The van der Waals surface area contributed by atoms with Gasteiger partial charge in [-0.1, -0.05) is 31.2 Å². The summed E-state index contributed by atoms with van der Waals surface area (Å²) in [5, 5.41) is 2.83. The molecule has 2 aromatic carbocycles. The molecule has 0 heterocycles. The Bertz CT molecular complexity index is 865. The predicted octanol–water partition coefficient (Wildman–Crippen LogP) is 2.70. The van der Waals surface area contributed by atoms with Gasteiger partial charge in [-0.25, -0.2) is 13.1 Å².